The number of fused-ring (bicyclic) bond motifs is 4. The Balaban J connectivity index is 1.37. The van der Waals surface area contributed by atoms with Crippen molar-refractivity contribution < 1.29 is 14.3 Å². The average molecular weight is 494 g/mol. The van der Waals surface area contributed by atoms with Crippen LogP contribution in [0, 0.1) is 0 Å². The molecule has 0 bridgehead atoms. The van der Waals surface area contributed by atoms with Crippen LogP contribution in [0.2, 0.25) is 0 Å². The zero-order valence-electron chi connectivity index (χ0n) is 21.5. The summed E-state index contributed by atoms with van der Waals surface area (Å²) in [4.78, 5) is 30.9. The summed E-state index contributed by atoms with van der Waals surface area (Å²) in [5.74, 6) is -0.874. The second kappa shape index (κ2) is 10.4. The number of carbonyl (C=O) groups is 2. The zero-order valence-corrected chi connectivity index (χ0v) is 21.5. The van der Waals surface area contributed by atoms with Crippen molar-refractivity contribution in [3.8, 4) is 0 Å². The molecule has 0 saturated heterocycles. The molecule has 5 aromatic rings. The number of aromatic nitrogens is 2. The number of para-hydroxylation sites is 2. The van der Waals surface area contributed by atoms with E-state index in [9.17, 15) is 9.59 Å². The molecule has 1 N–H and O–H groups in total. The smallest absolute Gasteiger partial charge is 0.339 e. The molecule has 0 spiro atoms. The van der Waals surface area contributed by atoms with E-state index in [1.807, 2.05) is 61.5 Å². The van der Waals surface area contributed by atoms with Crippen molar-refractivity contribution in [1.29, 1.82) is 0 Å². The van der Waals surface area contributed by atoms with Gasteiger partial charge in [-0.3, -0.25) is 9.78 Å². The number of nitrogens with one attached hydrogen (secondary N) is 1. The highest BCUT2D eigenvalue weighted by Gasteiger charge is 2.21. The first kappa shape index (κ1) is 24.5. The number of nitrogens with zero attached hydrogens (tertiary/aromatic N) is 2. The van der Waals surface area contributed by atoms with E-state index in [0.717, 1.165) is 63.4 Å². The Morgan fingerprint density at radius 1 is 0.892 bits per heavy atom. The lowest BCUT2D eigenvalue weighted by molar-refractivity contribution is -0.119. The summed E-state index contributed by atoms with van der Waals surface area (Å²) in [6, 6.07) is 21.7. The molecular weight excluding hydrogens is 462 g/mol. The fourth-order valence-electron chi connectivity index (χ4n) is 5.23. The minimum absolute atomic E-state index is 0.365. The minimum Gasteiger partial charge on any atom is -0.452 e. The van der Waals surface area contributed by atoms with Gasteiger partial charge in [-0.2, -0.15) is 0 Å². The third kappa shape index (κ3) is 4.55. The van der Waals surface area contributed by atoms with Gasteiger partial charge in [0.1, 0.15) is 0 Å². The molecule has 37 heavy (non-hydrogen) atoms. The number of benzene rings is 3. The molecule has 6 heteroatoms. The molecule has 0 aliphatic carbocycles. The van der Waals surface area contributed by atoms with Crippen LogP contribution >= 0.6 is 0 Å². The number of hydrogen-bond acceptors (Lipinski definition) is 4. The lowest BCUT2D eigenvalue weighted by atomic mass is 9.96. The molecule has 0 aliphatic rings. The van der Waals surface area contributed by atoms with Crippen molar-refractivity contribution in [2.45, 2.75) is 46.6 Å². The Labute approximate surface area is 216 Å². The van der Waals surface area contributed by atoms with E-state index < -0.39 is 5.97 Å². The first-order valence-corrected chi connectivity index (χ1v) is 12.9. The molecule has 3 aromatic carbocycles. The third-order valence-electron chi connectivity index (χ3n) is 6.83. The van der Waals surface area contributed by atoms with Crippen LogP contribution in [0.25, 0.3) is 32.7 Å². The summed E-state index contributed by atoms with van der Waals surface area (Å²) < 4.78 is 7.80. The molecule has 2 aromatic heterocycles. The Bertz CT molecular complexity index is 1630. The van der Waals surface area contributed by atoms with E-state index in [4.69, 9.17) is 9.72 Å². The summed E-state index contributed by atoms with van der Waals surface area (Å²) in [5.41, 5.74) is 6.03. The van der Waals surface area contributed by atoms with Gasteiger partial charge in [0.15, 0.2) is 6.61 Å². The first-order chi connectivity index (χ1) is 18.0. The predicted octanol–water partition coefficient (Wildman–Crippen LogP) is 6.67. The quantitative estimate of drug-likeness (QED) is 0.245. The summed E-state index contributed by atoms with van der Waals surface area (Å²) in [6.07, 6.45) is 2.37. The minimum atomic E-state index is -0.496. The lowest BCUT2D eigenvalue weighted by Crippen LogP contribution is -2.22. The van der Waals surface area contributed by atoms with E-state index in [0.29, 0.717) is 17.7 Å². The van der Waals surface area contributed by atoms with Crippen LogP contribution in [0.5, 0.6) is 0 Å². The highest BCUT2D eigenvalue weighted by atomic mass is 16.5. The first-order valence-electron chi connectivity index (χ1n) is 12.9. The van der Waals surface area contributed by atoms with Crippen LogP contribution < -0.4 is 5.32 Å². The van der Waals surface area contributed by atoms with E-state index in [-0.39, 0.29) is 12.5 Å². The van der Waals surface area contributed by atoms with Gasteiger partial charge in [0, 0.05) is 45.1 Å². The molecule has 6 nitrogen and oxygen atoms in total. The van der Waals surface area contributed by atoms with Crippen LogP contribution in [-0.2, 0) is 28.9 Å². The van der Waals surface area contributed by atoms with E-state index in [1.165, 1.54) is 0 Å². The van der Waals surface area contributed by atoms with Gasteiger partial charge < -0.3 is 14.6 Å². The lowest BCUT2D eigenvalue weighted by Gasteiger charge is -2.15. The van der Waals surface area contributed by atoms with Crippen LogP contribution in [0.3, 0.4) is 0 Å². The topological polar surface area (TPSA) is 73.2 Å². The molecule has 0 fully saturated rings. The number of esters is 1. The number of rotatable bonds is 8. The van der Waals surface area contributed by atoms with Gasteiger partial charge in [0.2, 0.25) is 0 Å². The van der Waals surface area contributed by atoms with Gasteiger partial charge in [0.25, 0.3) is 5.91 Å². The molecule has 0 aliphatic heterocycles. The summed E-state index contributed by atoms with van der Waals surface area (Å²) in [5, 5.41) is 5.86. The Morgan fingerprint density at radius 2 is 1.62 bits per heavy atom. The predicted molar refractivity (Wildman–Crippen MR) is 149 cm³/mol. The van der Waals surface area contributed by atoms with E-state index in [2.05, 4.69) is 35.9 Å². The van der Waals surface area contributed by atoms with Gasteiger partial charge >= 0.3 is 5.97 Å². The van der Waals surface area contributed by atoms with Crippen molar-refractivity contribution >= 4 is 50.3 Å². The molecule has 0 radical (unpaired) electrons. The Kier molecular flexibility index (Phi) is 6.91. The second-order valence-corrected chi connectivity index (χ2v) is 9.15. The zero-order chi connectivity index (χ0) is 25.9. The molecule has 0 unspecified atom stereocenters. The Hall–Kier alpha value is -4.19. The molecule has 0 atom stereocenters. The normalized spacial score (nSPS) is 11.3. The average Bonchev–Trinajstić information content (AvgIpc) is 3.24. The van der Waals surface area contributed by atoms with Crippen LogP contribution in [0.15, 0.2) is 66.7 Å². The van der Waals surface area contributed by atoms with Crippen molar-refractivity contribution in [2.24, 2.45) is 0 Å². The van der Waals surface area contributed by atoms with Crippen molar-refractivity contribution in [2.75, 3.05) is 11.9 Å². The summed E-state index contributed by atoms with van der Waals surface area (Å²) >= 11 is 0. The highest BCUT2D eigenvalue weighted by Crippen LogP contribution is 2.31. The number of ether oxygens (including phenoxy) is 1. The van der Waals surface area contributed by atoms with Gasteiger partial charge in [-0.1, -0.05) is 56.7 Å². The van der Waals surface area contributed by atoms with E-state index >= 15 is 0 Å². The molecular formula is C31H31N3O3. The van der Waals surface area contributed by atoms with Crippen LogP contribution in [-0.4, -0.2) is 28.0 Å². The van der Waals surface area contributed by atoms with Crippen molar-refractivity contribution in [3.05, 3.63) is 83.6 Å². The molecule has 1 amide bonds. The number of hydrogen-bond donors (Lipinski definition) is 1. The van der Waals surface area contributed by atoms with Gasteiger partial charge in [-0.25, -0.2) is 4.79 Å². The fourth-order valence-corrected chi connectivity index (χ4v) is 5.23. The second-order valence-electron chi connectivity index (χ2n) is 9.15. The van der Waals surface area contributed by atoms with Crippen LogP contribution in [0.1, 0.15) is 48.8 Å². The summed E-state index contributed by atoms with van der Waals surface area (Å²) in [7, 11) is 0. The number of anilines is 1. The van der Waals surface area contributed by atoms with Gasteiger partial charge in [0.05, 0.1) is 11.1 Å². The van der Waals surface area contributed by atoms with Crippen LogP contribution in [0.4, 0.5) is 5.69 Å². The number of aryl methyl sites for hydroxylation is 2. The van der Waals surface area contributed by atoms with Crippen molar-refractivity contribution in [3.63, 3.8) is 0 Å². The molecule has 188 valence electrons. The maximum Gasteiger partial charge on any atom is 0.339 e. The maximum absolute atomic E-state index is 13.3. The van der Waals surface area contributed by atoms with Gasteiger partial charge in [-0.05, 0) is 55.7 Å². The van der Waals surface area contributed by atoms with Gasteiger partial charge in [-0.15, -0.1) is 0 Å². The molecule has 0 saturated carbocycles. The number of pyridine rings is 1. The number of carbonyl (C=O) groups excluding carboxylic acids is 2. The molecule has 2 heterocycles. The monoisotopic (exact) mass is 493 g/mol. The molecule has 5 rings (SSSR count). The largest absolute Gasteiger partial charge is 0.452 e. The SMILES string of the molecule is CCCc1nc2ccccc2c(C(=O)OCC(=O)Nc2ccc3c(c2)c2ccccc2n3CC)c1CC. The third-order valence-corrected chi connectivity index (χ3v) is 6.83. The van der Waals surface area contributed by atoms with Crippen molar-refractivity contribution in [1.82, 2.24) is 9.55 Å². The van der Waals surface area contributed by atoms with E-state index in [1.54, 1.807) is 0 Å². The maximum atomic E-state index is 13.3. The fraction of sp³-hybridized carbons (Fsp3) is 0.258. The number of amides is 1. The Morgan fingerprint density at radius 3 is 2.38 bits per heavy atom. The standard InChI is InChI=1S/C31H31N3O3/c1-4-11-25-21(5-2)30(23-13-7-9-14-26(23)33-25)31(36)37-19-29(35)32-20-16-17-28-24(18-20)22-12-8-10-15-27(22)34(28)6-3/h7-10,12-18H,4-6,11,19H2,1-3H3,(H,32,35). The summed E-state index contributed by atoms with van der Waals surface area (Å²) in [6.45, 7) is 6.72. The highest BCUT2D eigenvalue weighted by molar-refractivity contribution is 6.10.